The van der Waals surface area contributed by atoms with Gasteiger partial charge in [-0.1, -0.05) is 32.4 Å². The first-order chi connectivity index (χ1) is 15.0. The van der Waals surface area contributed by atoms with Crippen LogP contribution in [0.25, 0.3) is 0 Å². The van der Waals surface area contributed by atoms with Gasteiger partial charge in [-0.25, -0.2) is 0 Å². The minimum absolute atomic E-state index is 0.147. The van der Waals surface area contributed by atoms with Crippen molar-refractivity contribution in [3.05, 3.63) is 11.6 Å². The van der Waals surface area contributed by atoms with E-state index >= 15 is 0 Å². The Bertz CT molecular complexity index is 764. The number of aliphatic hydroxyl groups excluding tert-OH is 2. The molecule has 4 nitrogen and oxygen atoms in total. The van der Waals surface area contributed by atoms with E-state index in [-0.39, 0.29) is 23.0 Å². The second-order valence-corrected chi connectivity index (χ2v) is 13.4. The molecule has 0 aromatic heterocycles. The highest BCUT2D eigenvalue weighted by Crippen LogP contribution is 2.67. The van der Waals surface area contributed by atoms with Crippen molar-refractivity contribution < 1.29 is 15.3 Å². The van der Waals surface area contributed by atoms with Crippen LogP contribution in [-0.2, 0) is 0 Å². The average Bonchev–Trinajstić information content (AvgIpc) is 2.97. The number of hydrogen-bond donors (Lipinski definition) is 3. The molecule has 3 saturated carbocycles. The normalized spacial score (nSPS) is 54.9. The largest absolute Gasteiger partial charge is 0.393 e. The lowest BCUT2D eigenvalue weighted by molar-refractivity contribution is -0.0867. The van der Waals surface area contributed by atoms with Gasteiger partial charge in [0.05, 0.1) is 17.8 Å². The minimum Gasteiger partial charge on any atom is -0.393 e. The average molecular weight is 446 g/mol. The highest BCUT2D eigenvalue weighted by atomic mass is 16.3. The van der Waals surface area contributed by atoms with Crippen LogP contribution in [0.4, 0.5) is 0 Å². The third-order valence-corrected chi connectivity index (χ3v) is 11.5. The van der Waals surface area contributed by atoms with E-state index in [1.54, 1.807) is 0 Å². The zero-order valence-electron chi connectivity index (χ0n) is 21.1. The fourth-order valence-corrected chi connectivity index (χ4v) is 9.96. The van der Waals surface area contributed by atoms with Gasteiger partial charge < -0.3 is 20.2 Å². The van der Waals surface area contributed by atoms with Crippen molar-refractivity contribution in [2.45, 2.75) is 109 Å². The SMILES string of the molecule is CC(C1CCC(C)(O)CN1C)C1C(O)CC2C3CC=C4CC(O)CCC4(C)C3CCC21C. The van der Waals surface area contributed by atoms with Gasteiger partial charge in [0, 0.05) is 12.6 Å². The fraction of sp³-hybridized carbons (Fsp3) is 0.929. The Kier molecular flexibility index (Phi) is 5.68. The van der Waals surface area contributed by atoms with Crippen molar-refractivity contribution in [2.24, 2.45) is 40.4 Å². The van der Waals surface area contributed by atoms with Crippen molar-refractivity contribution in [3.63, 3.8) is 0 Å². The summed E-state index contributed by atoms with van der Waals surface area (Å²) in [7, 11) is 2.17. The topological polar surface area (TPSA) is 63.9 Å². The van der Waals surface area contributed by atoms with Crippen molar-refractivity contribution >= 4 is 0 Å². The Hall–Kier alpha value is -0.420. The smallest absolute Gasteiger partial charge is 0.0746 e. The third kappa shape index (κ3) is 3.46. The lowest BCUT2D eigenvalue weighted by Gasteiger charge is -2.58. The van der Waals surface area contributed by atoms with Crippen LogP contribution in [0, 0.1) is 40.4 Å². The number of aliphatic hydroxyl groups is 3. The molecule has 0 amide bonds. The summed E-state index contributed by atoms with van der Waals surface area (Å²) >= 11 is 0. The van der Waals surface area contributed by atoms with E-state index in [0.717, 1.165) is 51.5 Å². The lowest BCUT2D eigenvalue weighted by Crippen LogP contribution is -2.55. The summed E-state index contributed by atoms with van der Waals surface area (Å²) in [4.78, 5) is 2.37. The predicted molar refractivity (Wildman–Crippen MR) is 128 cm³/mol. The first-order valence-electron chi connectivity index (χ1n) is 13.4. The van der Waals surface area contributed by atoms with Gasteiger partial charge in [0.15, 0.2) is 0 Å². The molecular formula is C28H47NO3. The van der Waals surface area contributed by atoms with Gasteiger partial charge in [-0.3, -0.25) is 0 Å². The van der Waals surface area contributed by atoms with Gasteiger partial charge in [0.25, 0.3) is 0 Å². The van der Waals surface area contributed by atoms with Gasteiger partial charge in [-0.15, -0.1) is 0 Å². The first-order valence-corrected chi connectivity index (χ1v) is 13.4. The summed E-state index contributed by atoms with van der Waals surface area (Å²) in [5.41, 5.74) is 1.41. The lowest BCUT2D eigenvalue weighted by atomic mass is 9.47. The number of β-amino-alcohol motifs (C(OH)–C–C–N with tert-alkyl or cyclic N) is 1. The highest BCUT2D eigenvalue weighted by molar-refractivity contribution is 5.25. The molecule has 1 saturated heterocycles. The molecule has 5 aliphatic rings. The Balaban J connectivity index is 1.39. The van der Waals surface area contributed by atoms with Crippen LogP contribution in [0.3, 0.4) is 0 Å². The molecule has 0 aromatic rings. The quantitative estimate of drug-likeness (QED) is 0.552. The molecule has 0 bridgehead atoms. The van der Waals surface area contributed by atoms with E-state index in [4.69, 9.17) is 0 Å². The molecule has 0 aromatic carbocycles. The summed E-state index contributed by atoms with van der Waals surface area (Å²) < 4.78 is 0. The van der Waals surface area contributed by atoms with Gasteiger partial charge in [0.2, 0.25) is 0 Å². The zero-order chi connectivity index (χ0) is 23.1. The van der Waals surface area contributed by atoms with Crippen molar-refractivity contribution in [3.8, 4) is 0 Å². The van der Waals surface area contributed by atoms with E-state index in [2.05, 4.69) is 38.8 Å². The van der Waals surface area contributed by atoms with Crippen LogP contribution in [0.5, 0.6) is 0 Å². The maximum Gasteiger partial charge on any atom is 0.0746 e. The van der Waals surface area contributed by atoms with E-state index in [1.807, 2.05) is 6.92 Å². The minimum atomic E-state index is -0.584. The van der Waals surface area contributed by atoms with E-state index < -0.39 is 5.60 Å². The molecule has 1 heterocycles. The number of rotatable bonds is 2. The van der Waals surface area contributed by atoms with Crippen LogP contribution >= 0.6 is 0 Å². The molecule has 0 spiro atoms. The molecule has 11 atom stereocenters. The molecule has 11 unspecified atom stereocenters. The highest BCUT2D eigenvalue weighted by Gasteiger charge is 2.62. The van der Waals surface area contributed by atoms with Crippen LogP contribution in [0.2, 0.25) is 0 Å². The summed E-state index contributed by atoms with van der Waals surface area (Å²) in [6, 6.07) is 0.443. The summed E-state index contributed by atoms with van der Waals surface area (Å²) in [5, 5.41) is 32.3. The molecular weight excluding hydrogens is 398 g/mol. The standard InChI is InChI=1S/C28H47NO3/c1-17(23-10-11-26(2,32)16-29(23)5)25-24(31)15-22-20-7-6-18-14-19(30)8-12-27(18,3)21(20)9-13-28(22,25)4/h6,17,19-25,30-32H,7-16H2,1-5H3. The molecule has 5 rings (SSSR count). The van der Waals surface area contributed by atoms with Crippen molar-refractivity contribution in [1.29, 1.82) is 0 Å². The van der Waals surface area contributed by atoms with Crippen LogP contribution < -0.4 is 0 Å². The molecule has 4 aliphatic carbocycles. The molecule has 1 aliphatic heterocycles. The van der Waals surface area contributed by atoms with Gasteiger partial charge >= 0.3 is 0 Å². The number of hydrogen-bond acceptors (Lipinski definition) is 4. The summed E-state index contributed by atoms with van der Waals surface area (Å²) in [6.07, 6.45) is 11.6. The van der Waals surface area contributed by atoms with Crippen molar-refractivity contribution in [2.75, 3.05) is 13.6 Å². The number of piperidine rings is 1. The Morgan fingerprint density at radius 3 is 2.50 bits per heavy atom. The second-order valence-electron chi connectivity index (χ2n) is 13.4. The molecule has 4 heteroatoms. The number of likely N-dealkylation sites (tertiary alicyclic amines) is 1. The van der Waals surface area contributed by atoms with E-state index in [9.17, 15) is 15.3 Å². The zero-order valence-corrected chi connectivity index (χ0v) is 21.1. The van der Waals surface area contributed by atoms with E-state index in [0.29, 0.717) is 35.6 Å². The number of likely N-dealkylation sites (N-methyl/N-ethyl adjacent to an activating group) is 1. The number of fused-ring (bicyclic) bond motifs is 5. The predicted octanol–water partition coefficient (Wildman–Crippen LogP) is 4.38. The van der Waals surface area contributed by atoms with Gasteiger partial charge in [-0.2, -0.15) is 0 Å². The molecule has 182 valence electrons. The summed E-state index contributed by atoms with van der Waals surface area (Å²) in [6.45, 7) is 10.1. The molecule has 3 N–H and O–H groups in total. The number of nitrogens with zero attached hydrogens (tertiary/aromatic N) is 1. The van der Waals surface area contributed by atoms with Crippen molar-refractivity contribution in [1.82, 2.24) is 4.90 Å². The summed E-state index contributed by atoms with van der Waals surface area (Å²) in [5.74, 6) is 2.77. The maximum absolute atomic E-state index is 11.5. The second kappa shape index (κ2) is 7.80. The molecule has 32 heavy (non-hydrogen) atoms. The van der Waals surface area contributed by atoms with Crippen LogP contribution in [-0.4, -0.2) is 57.7 Å². The monoisotopic (exact) mass is 445 g/mol. The Labute approximate surface area is 195 Å². The first kappa shape index (κ1) is 23.3. The Morgan fingerprint density at radius 1 is 1.03 bits per heavy atom. The van der Waals surface area contributed by atoms with Crippen LogP contribution in [0.1, 0.15) is 85.5 Å². The van der Waals surface area contributed by atoms with E-state index in [1.165, 1.54) is 18.4 Å². The number of allylic oxidation sites excluding steroid dienone is 1. The van der Waals surface area contributed by atoms with Gasteiger partial charge in [0.1, 0.15) is 0 Å². The molecule has 0 radical (unpaired) electrons. The fourth-order valence-electron chi connectivity index (χ4n) is 9.96. The molecule has 4 fully saturated rings. The Morgan fingerprint density at radius 2 is 1.78 bits per heavy atom. The third-order valence-electron chi connectivity index (χ3n) is 11.5. The maximum atomic E-state index is 11.5. The van der Waals surface area contributed by atoms with Gasteiger partial charge in [-0.05, 0) is 112 Å². The van der Waals surface area contributed by atoms with Crippen LogP contribution in [0.15, 0.2) is 11.6 Å².